The molecule has 0 bridgehead atoms. The maximum Gasteiger partial charge on any atom is 0.159 e. The first kappa shape index (κ1) is 8.55. The number of nitrogens with zero attached hydrogens (tertiary/aromatic N) is 2. The van der Waals surface area contributed by atoms with Crippen molar-refractivity contribution in [2.24, 2.45) is 0 Å². The number of aromatic nitrogens is 2. The number of anilines is 1. The third-order valence-electron chi connectivity index (χ3n) is 1.17. The fourth-order valence-electron chi connectivity index (χ4n) is 0.663. The van der Waals surface area contributed by atoms with Crippen LogP contribution in [-0.4, -0.2) is 16.4 Å². The number of rotatable bonds is 3. The van der Waals surface area contributed by atoms with E-state index in [1.54, 1.807) is 10.9 Å². The van der Waals surface area contributed by atoms with Gasteiger partial charge in [-0.15, -0.1) is 0 Å². The minimum atomic E-state index is 0.451. The van der Waals surface area contributed by atoms with Gasteiger partial charge in [0.05, 0.1) is 4.47 Å². The Kier molecular flexibility index (Phi) is 2.90. The second-order valence-electron chi connectivity index (χ2n) is 2.02. The molecule has 1 aromatic rings. The van der Waals surface area contributed by atoms with E-state index < -0.39 is 0 Å². The zero-order valence-electron chi connectivity index (χ0n) is 6.25. The number of halogens is 1. The Labute approximate surface area is 73.5 Å². The molecule has 0 aromatic carbocycles. The number of ether oxygens (including phenoxy) is 1. The van der Waals surface area contributed by atoms with Gasteiger partial charge >= 0.3 is 0 Å². The molecule has 0 aliphatic rings. The summed E-state index contributed by atoms with van der Waals surface area (Å²) < 4.78 is 7.56. The first-order chi connectivity index (χ1) is 5.24. The Balaban J connectivity index is 2.58. The van der Waals surface area contributed by atoms with Crippen LogP contribution < -0.4 is 5.73 Å². The van der Waals surface area contributed by atoms with Gasteiger partial charge in [0.1, 0.15) is 6.73 Å². The predicted octanol–water partition coefficient (Wildman–Crippen LogP) is 1.22. The monoisotopic (exact) mass is 219 g/mol. The molecule has 0 amide bonds. The molecule has 0 saturated carbocycles. The van der Waals surface area contributed by atoms with Gasteiger partial charge < -0.3 is 10.5 Å². The Morgan fingerprint density at radius 3 is 3.00 bits per heavy atom. The van der Waals surface area contributed by atoms with Gasteiger partial charge in [-0.1, -0.05) is 0 Å². The zero-order valence-corrected chi connectivity index (χ0v) is 7.84. The lowest BCUT2D eigenvalue weighted by molar-refractivity contribution is 0.0793. The van der Waals surface area contributed by atoms with Crippen molar-refractivity contribution < 1.29 is 4.74 Å². The average molecular weight is 220 g/mol. The second kappa shape index (κ2) is 3.73. The maximum atomic E-state index is 5.48. The van der Waals surface area contributed by atoms with Crippen LogP contribution in [0.2, 0.25) is 0 Å². The molecule has 4 nitrogen and oxygen atoms in total. The van der Waals surface area contributed by atoms with E-state index >= 15 is 0 Å². The van der Waals surface area contributed by atoms with Crippen molar-refractivity contribution in [3.63, 3.8) is 0 Å². The lowest BCUT2D eigenvalue weighted by atomic mass is 10.7. The van der Waals surface area contributed by atoms with E-state index in [2.05, 4.69) is 21.0 Å². The molecule has 0 atom stereocenters. The number of hydrogen-bond donors (Lipinski definition) is 1. The number of nitrogens with two attached hydrogens (primary N) is 1. The average Bonchev–Trinajstić information content (AvgIpc) is 2.28. The van der Waals surface area contributed by atoms with Crippen molar-refractivity contribution in [3.8, 4) is 0 Å². The van der Waals surface area contributed by atoms with E-state index in [4.69, 9.17) is 10.5 Å². The number of hydrogen-bond acceptors (Lipinski definition) is 3. The molecule has 0 aliphatic heterocycles. The summed E-state index contributed by atoms with van der Waals surface area (Å²) in [7, 11) is 0. The van der Waals surface area contributed by atoms with Crippen LogP contribution in [0.1, 0.15) is 6.92 Å². The summed E-state index contributed by atoms with van der Waals surface area (Å²) in [6.45, 7) is 3.06. The van der Waals surface area contributed by atoms with Crippen LogP contribution in [0.4, 0.5) is 5.82 Å². The molecule has 0 spiro atoms. The van der Waals surface area contributed by atoms with E-state index in [9.17, 15) is 0 Å². The fraction of sp³-hybridized carbons (Fsp3) is 0.500. The van der Waals surface area contributed by atoms with Gasteiger partial charge in [0, 0.05) is 12.8 Å². The van der Waals surface area contributed by atoms with Gasteiger partial charge in [-0.3, -0.25) is 0 Å². The molecule has 1 rings (SSSR count). The fourth-order valence-corrected chi connectivity index (χ4v) is 0.979. The van der Waals surface area contributed by atoms with Crippen molar-refractivity contribution >= 4 is 21.7 Å². The minimum Gasteiger partial charge on any atom is -0.381 e. The summed E-state index contributed by atoms with van der Waals surface area (Å²) in [5.41, 5.74) is 5.48. The van der Waals surface area contributed by atoms with Crippen LogP contribution in [0.15, 0.2) is 10.7 Å². The standard InChI is InChI=1S/C6H10BrN3O/c1-2-11-4-10-3-5(7)6(8)9-10/h3H,2,4H2,1H3,(H2,8,9). The molecule has 0 radical (unpaired) electrons. The highest BCUT2D eigenvalue weighted by Gasteiger charge is 2.00. The Hall–Kier alpha value is -0.550. The summed E-state index contributed by atoms with van der Waals surface area (Å²) in [5, 5.41) is 3.97. The summed E-state index contributed by atoms with van der Waals surface area (Å²) in [5.74, 6) is 0.490. The minimum absolute atomic E-state index is 0.451. The maximum absolute atomic E-state index is 5.48. The summed E-state index contributed by atoms with van der Waals surface area (Å²) in [6, 6.07) is 0. The first-order valence-corrected chi connectivity index (χ1v) is 4.09. The molecular weight excluding hydrogens is 210 g/mol. The molecule has 0 fully saturated rings. The third-order valence-corrected chi connectivity index (χ3v) is 1.78. The van der Waals surface area contributed by atoms with Crippen molar-refractivity contribution in [2.75, 3.05) is 12.3 Å². The molecule has 11 heavy (non-hydrogen) atoms. The van der Waals surface area contributed by atoms with Crippen LogP contribution >= 0.6 is 15.9 Å². The smallest absolute Gasteiger partial charge is 0.159 e. The van der Waals surface area contributed by atoms with Gasteiger partial charge in [0.2, 0.25) is 0 Å². The van der Waals surface area contributed by atoms with Gasteiger partial charge in [-0.05, 0) is 22.9 Å². The number of nitrogen functional groups attached to an aromatic ring is 1. The Bertz CT molecular complexity index is 216. The molecule has 5 heteroatoms. The predicted molar refractivity (Wildman–Crippen MR) is 46.0 cm³/mol. The van der Waals surface area contributed by atoms with E-state index in [1.165, 1.54) is 0 Å². The van der Waals surface area contributed by atoms with Gasteiger partial charge in [-0.25, -0.2) is 4.68 Å². The Morgan fingerprint density at radius 1 is 1.82 bits per heavy atom. The molecule has 1 heterocycles. The molecule has 0 aliphatic carbocycles. The first-order valence-electron chi connectivity index (χ1n) is 3.30. The van der Waals surface area contributed by atoms with Crippen molar-refractivity contribution in [2.45, 2.75) is 13.7 Å². The van der Waals surface area contributed by atoms with E-state index in [0.717, 1.165) is 4.47 Å². The van der Waals surface area contributed by atoms with Crippen molar-refractivity contribution in [1.29, 1.82) is 0 Å². The van der Waals surface area contributed by atoms with Gasteiger partial charge in [-0.2, -0.15) is 5.10 Å². The van der Waals surface area contributed by atoms with Crippen LogP contribution in [-0.2, 0) is 11.5 Å². The van der Waals surface area contributed by atoms with Gasteiger partial charge in [0.15, 0.2) is 5.82 Å². The van der Waals surface area contributed by atoms with E-state index in [-0.39, 0.29) is 0 Å². The van der Waals surface area contributed by atoms with Crippen LogP contribution in [0.5, 0.6) is 0 Å². The summed E-state index contributed by atoms with van der Waals surface area (Å²) in [6.07, 6.45) is 1.78. The van der Waals surface area contributed by atoms with Gasteiger partial charge in [0.25, 0.3) is 0 Å². The lowest BCUT2D eigenvalue weighted by Crippen LogP contribution is -2.02. The molecule has 2 N–H and O–H groups in total. The molecule has 62 valence electrons. The molecule has 0 saturated heterocycles. The molecular formula is C6H10BrN3O. The van der Waals surface area contributed by atoms with Crippen molar-refractivity contribution in [3.05, 3.63) is 10.7 Å². The SMILES string of the molecule is CCOCn1cc(Br)c(N)n1. The third kappa shape index (κ3) is 2.20. The topological polar surface area (TPSA) is 53.1 Å². The second-order valence-corrected chi connectivity index (χ2v) is 2.88. The van der Waals surface area contributed by atoms with E-state index in [1.807, 2.05) is 6.92 Å². The largest absolute Gasteiger partial charge is 0.381 e. The van der Waals surface area contributed by atoms with Crippen molar-refractivity contribution in [1.82, 2.24) is 9.78 Å². The highest BCUT2D eigenvalue weighted by molar-refractivity contribution is 9.10. The van der Waals surface area contributed by atoms with Crippen LogP contribution in [0.3, 0.4) is 0 Å². The van der Waals surface area contributed by atoms with Crippen LogP contribution in [0.25, 0.3) is 0 Å². The molecule has 0 unspecified atom stereocenters. The Morgan fingerprint density at radius 2 is 2.55 bits per heavy atom. The quantitative estimate of drug-likeness (QED) is 0.833. The molecule has 1 aromatic heterocycles. The van der Waals surface area contributed by atoms with Crippen LogP contribution in [0, 0.1) is 0 Å². The normalized spacial score (nSPS) is 10.4. The highest BCUT2D eigenvalue weighted by atomic mass is 79.9. The summed E-state index contributed by atoms with van der Waals surface area (Å²) in [4.78, 5) is 0. The van der Waals surface area contributed by atoms with E-state index in [0.29, 0.717) is 19.2 Å². The highest BCUT2D eigenvalue weighted by Crippen LogP contribution is 2.15. The lowest BCUT2D eigenvalue weighted by Gasteiger charge is -1.98. The summed E-state index contributed by atoms with van der Waals surface area (Å²) >= 11 is 3.24. The zero-order chi connectivity index (χ0) is 8.27.